The van der Waals surface area contributed by atoms with Gasteiger partial charge in [-0.2, -0.15) is 5.10 Å². The van der Waals surface area contributed by atoms with Gasteiger partial charge in [-0.15, -0.1) is 0 Å². The van der Waals surface area contributed by atoms with Crippen LogP contribution in [0.1, 0.15) is 23.8 Å². The first-order chi connectivity index (χ1) is 10.1. The van der Waals surface area contributed by atoms with E-state index in [2.05, 4.69) is 15.5 Å². The predicted octanol–water partition coefficient (Wildman–Crippen LogP) is 0.940. The van der Waals surface area contributed by atoms with Gasteiger partial charge in [0.2, 0.25) is 0 Å². The number of nitrogens with one attached hydrogen (secondary N) is 2. The molecule has 0 aliphatic rings. The van der Waals surface area contributed by atoms with Crippen molar-refractivity contribution < 1.29 is 15.0 Å². The average Bonchev–Trinajstić information content (AvgIpc) is 3.04. The molecule has 0 saturated carbocycles. The molecule has 6 heteroatoms. The zero-order chi connectivity index (χ0) is 15.3. The molecule has 0 fully saturated rings. The van der Waals surface area contributed by atoms with Crippen molar-refractivity contribution in [1.82, 2.24) is 15.5 Å². The van der Waals surface area contributed by atoms with E-state index in [9.17, 15) is 15.0 Å². The summed E-state index contributed by atoms with van der Waals surface area (Å²) in [5, 5.41) is 28.1. The van der Waals surface area contributed by atoms with Gasteiger partial charge in [0.25, 0.3) is 5.91 Å². The Balaban J connectivity index is 2.16. The van der Waals surface area contributed by atoms with Gasteiger partial charge in [-0.1, -0.05) is 37.3 Å². The first kappa shape index (κ1) is 15.2. The summed E-state index contributed by atoms with van der Waals surface area (Å²) in [6.45, 7) is 1.13. The summed E-state index contributed by atoms with van der Waals surface area (Å²) in [7, 11) is 0. The average molecular weight is 289 g/mol. The number of rotatable bonds is 6. The molecule has 1 amide bonds. The number of carbonyl (C=O) groups is 1. The topological polar surface area (TPSA) is 98.2 Å². The number of aliphatic hydroxyl groups is 2. The van der Waals surface area contributed by atoms with Crippen LogP contribution in [0.5, 0.6) is 0 Å². The van der Waals surface area contributed by atoms with E-state index in [1.807, 2.05) is 30.3 Å². The van der Waals surface area contributed by atoms with Gasteiger partial charge >= 0.3 is 0 Å². The maximum Gasteiger partial charge on any atom is 0.269 e. The van der Waals surface area contributed by atoms with Gasteiger partial charge in [0.1, 0.15) is 5.69 Å². The molecular formula is C15H19N3O3. The van der Waals surface area contributed by atoms with Gasteiger partial charge in [0.05, 0.1) is 24.4 Å². The Kier molecular flexibility index (Phi) is 4.72. The van der Waals surface area contributed by atoms with Crippen LogP contribution in [0.2, 0.25) is 0 Å². The number of hydrogen-bond acceptors (Lipinski definition) is 4. The summed E-state index contributed by atoms with van der Waals surface area (Å²) in [5.41, 5.74) is 0.832. The van der Waals surface area contributed by atoms with Crippen molar-refractivity contribution in [1.29, 1.82) is 0 Å². The highest BCUT2D eigenvalue weighted by atomic mass is 16.3. The summed E-state index contributed by atoms with van der Waals surface area (Å²) in [6, 6.07) is 11.1. The second-order valence-corrected chi connectivity index (χ2v) is 4.94. The van der Waals surface area contributed by atoms with Crippen molar-refractivity contribution >= 4 is 5.91 Å². The standard InChI is InChI=1S/C15H19N3O3/c1-2-15(9-19,10-20)16-14(21)13-8-12(17-18-13)11-6-4-3-5-7-11/h3-8,19-20H,2,9-10H2,1H3,(H,16,21)(H,17,18). The second kappa shape index (κ2) is 6.51. The Bertz CT molecular complexity index is 583. The molecule has 1 aromatic heterocycles. The van der Waals surface area contributed by atoms with Crippen LogP contribution < -0.4 is 5.32 Å². The molecule has 2 rings (SSSR count). The van der Waals surface area contributed by atoms with Crippen LogP contribution in [0.4, 0.5) is 0 Å². The summed E-state index contributed by atoms with van der Waals surface area (Å²) in [4.78, 5) is 12.2. The molecule has 0 radical (unpaired) electrons. The highest BCUT2D eigenvalue weighted by Crippen LogP contribution is 2.17. The van der Waals surface area contributed by atoms with Crippen molar-refractivity contribution in [3.05, 3.63) is 42.1 Å². The second-order valence-electron chi connectivity index (χ2n) is 4.94. The minimum Gasteiger partial charge on any atom is -0.394 e. The molecule has 0 unspecified atom stereocenters. The van der Waals surface area contributed by atoms with Gasteiger partial charge in [-0.3, -0.25) is 9.89 Å². The van der Waals surface area contributed by atoms with Gasteiger partial charge < -0.3 is 15.5 Å². The minimum absolute atomic E-state index is 0.286. The van der Waals surface area contributed by atoms with Gasteiger partial charge in [0.15, 0.2) is 0 Å². The number of aromatic amines is 1. The van der Waals surface area contributed by atoms with E-state index in [1.165, 1.54) is 0 Å². The lowest BCUT2D eigenvalue weighted by molar-refractivity contribution is 0.0649. The van der Waals surface area contributed by atoms with Crippen molar-refractivity contribution in [2.24, 2.45) is 0 Å². The summed E-state index contributed by atoms with van der Waals surface area (Å²) < 4.78 is 0. The fraction of sp³-hybridized carbons (Fsp3) is 0.333. The molecule has 0 spiro atoms. The smallest absolute Gasteiger partial charge is 0.269 e. The summed E-state index contributed by atoms with van der Waals surface area (Å²) in [6.07, 6.45) is 0.422. The Morgan fingerprint density at radius 3 is 2.52 bits per heavy atom. The predicted molar refractivity (Wildman–Crippen MR) is 78.7 cm³/mol. The van der Waals surface area contributed by atoms with Crippen molar-refractivity contribution in [2.75, 3.05) is 13.2 Å². The molecule has 0 aliphatic heterocycles. The van der Waals surface area contributed by atoms with E-state index in [4.69, 9.17) is 0 Å². The van der Waals surface area contributed by atoms with Gasteiger partial charge in [0, 0.05) is 5.56 Å². The number of carbonyl (C=O) groups excluding carboxylic acids is 1. The number of amides is 1. The third-order valence-electron chi connectivity index (χ3n) is 3.55. The fourth-order valence-corrected chi connectivity index (χ4v) is 1.94. The molecular weight excluding hydrogens is 270 g/mol. The quantitative estimate of drug-likeness (QED) is 0.636. The highest BCUT2D eigenvalue weighted by molar-refractivity contribution is 5.93. The van der Waals surface area contributed by atoms with E-state index >= 15 is 0 Å². The Hall–Kier alpha value is -2.18. The van der Waals surface area contributed by atoms with Crippen molar-refractivity contribution in [3.63, 3.8) is 0 Å². The largest absolute Gasteiger partial charge is 0.394 e. The SMILES string of the molecule is CCC(CO)(CO)NC(=O)c1cc(-c2ccccc2)n[nH]1. The first-order valence-electron chi connectivity index (χ1n) is 6.79. The Labute approximate surface area is 122 Å². The van der Waals surface area contributed by atoms with E-state index in [0.29, 0.717) is 12.1 Å². The molecule has 2 aromatic rings. The van der Waals surface area contributed by atoms with Crippen LogP contribution in [-0.4, -0.2) is 45.1 Å². The fourth-order valence-electron chi connectivity index (χ4n) is 1.94. The van der Waals surface area contributed by atoms with E-state index in [0.717, 1.165) is 5.56 Å². The molecule has 6 nitrogen and oxygen atoms in total. The first-order valence-corrected chi connectivity index (χ1v) is 6.79. The molecule has 112 valence electrons. The number of H-pyrrole nitrogens is 1. The van der Waals surface area contributed by atoms with E-state index in [1.54, 1.807) is 13.0 Å². The van der Waals surface area contributed by atoms with Crippen LogP contribution in [0.25, 0.3) is 11.3 Å². The van der Waals surface area contributed by atoms with Crippen LogP contribution in [0.3, 0.4) is 0 Å². The minimum atomic E-state index is -1.02. The van der Waals surface area contributed by atoms with Gasteiger partial charge in [-0.05, 0) is 12.5 Å². The molecule has 21 heavy (non-hydrogen) atoms. The zero-order valence-corrected chi connectivity index (χ0v) is 11.8. The third-order valence-corrected chi connectivity index (χ3v) is 3.55. The Morgan fingerprint density at radius 2 is 1.95 bits per heavy atom. The number of aromatic nitrogens is 2. The normalized spacial score (nSPS) is 11.4. The number of aliphatic hydroxyl groups excluding tert-OH is 2. The maximum atomic E-state index is 12.2. The third kappa shape index (κ3) is 3.29. The molecule has 1 heterocycles. The van der Waals surface area contributed by atoms with Crippen LogP contribution in [-0.2, 0) is 0 Å². The lowest BCUT2D eigenvalue weighted by Crippen LogP contribution is -2.53. The highest BCUT2D eigenvalue weighted by Gasteiger charge is 2.29. The van der Waals surface area contributed by atoms with Crippen molar-refractivity contribution in [2.45, 2.75) is 18.9 Å². The Morgan fingerprint density at radius 1 is 1.29 bits per heavy atom. The number of hydrogen-bond donors (Lipinski definition) is 4. The number of benzene rings is 1. The molecule has 0 bridgehead atoms. The monoisotopic (exact) mass is 289 g/mol. The van der Waals surface area contributed by atoms with Crippen LogP contribution >= 0.6 is 0 Å². The maximum absolute atomic E-state index is 12.2. The molecule has 1 aromatic carbocycles. The zero-order valence-electron chi connectivity index (χ0n) is 11.8. The lowest BCUT2D eigenvalue weighted by Gasteiger charge is -2.29. The van der Waals surface area contributed by atoms with E-state index < -0.39 is 11.4 Å². The summed E-state index contributed by atoms with van der Waals surface area (Å²) >= 11 is 0. The lowest BCUT2D eigenvalue weighted by atomic mass is 9.98. The van der Waals surface area contributed by atoms with Crippen LogP contribution in [0, 0.1) is 0 Å². The summed E-state index contributed by atoms with van der Waals surface area (Å²) in [5.74, 6) is -0.408. The number of nitrogens with zero attached hydrogens (tertiary/aromatic N) is 1. The molecule has 0 atom stereocenters. The van der Waals surface area contributed by atoms with Crippen LogP contribution in [0.15, 0.2) is 36.4 Å². The molecule has 0 saturated heterocycles. The molecule has 0 aliphatic carbocycles. The van der Waals surface area contributed by atoms with Crippen molar-refractivity contribution in [3.8, 4) is 11.3 Å². The van der Waals surface area contributed by atoms with Gasteiger partial charge in [-0.25, -0.2) is 0 Å². The molecule has 4 N–H and O–H groups in total. The van der Waals surface area contributed by atoms with E-state index in [-0.39, 0.29) is 18.9 Å².